The van der Waals surface area contributed by atoms with E-state index in [0.717, 1.165) is 16.7 Å². The van der Waals surface area contributed by atoms with Gasteiger partial charge in [0, 0.05) is 26.2 Å². The number of sulfonamides is 1. The second-order valence-corrected chi connectivity index (χ2v) is 10.3. The molecule has 29 heavy (non-hydrogen) atoms. The van der Waals surface area contributed by atoms with Gasteiger partial charge in [-0.3, -0.25) is 9.69 Å². The zero-order valence-corrected chi connectivity index (χ0v) is 19.1. The van der Waals surface area contributed by atoms with Gasteiger partial charge in [-0.05, 0) is 44.7 Å². The number of carbonyl (C=O) groups excluding carboxylic acids is 1. The summed E-state index contributed by atoms with van der Waals surface area (Å²) >= 11 is 0. The van der Waals surface area contributed by atoms with Crippen LogP contribution in [-0.2, 0) is 14.8 Å². The van der Waals surface area contributed by atoms with E-state index in [0.29, 0.717) is 31.1 Å². The Labute approximate surface area is 174 Å². The molecule has 0 unspecified atom stereocenters. The van der Waals surface area contributed by atoms with Crippen LogP contribution in [0.5, 0.6) is 0 Å². The smallest absolute Gasteiger partial charge is 0.243 e. The monoisotopic (exact) mass is 420 g/mol. The van der Waals surface area contributed by atoms with Crippen molar-refractivity contribution in [3.05, 3.63) is 28.8 Å². The average Bonchev–Trinajstić information content (AvgIpc) is 2.60. The van der Waals surface area contributed by atoms with Gasteiger partial charge >= 0.3 is 0 Å². The number of benzene rings is 1. The largest absolute Gasteiger partial charge is 0.337 e. The summed E-state index contributed by atoms with van der Waals surface area (Å²) < 4.78 is 27.8. The average molecular weight is 421 g/mol. The van der Waals surface area contributed by atoms with Crippen molar-refractivity contribution in [2.24, 2.45) is 5.92 Å². The predicted molar refractivity (Wildman–Crippen MR) is 113 cm³/mol. The molecule has 1 amide bonds. The Morgan fingerprint density at radius 3 is 2.14 bits per heavy atom. The fraction of sp³-hybridized carbons (Fsp3) is 0.619. The molecule has 1 aromatic carbocycles. The molecule has 0 saturated carbocycles. The molecule has 0 spiro atoms. The molecule has 1 aromatic rings. The summed E-state index contributed by atoms with van der Waals surface area (Å²) in [6.45, 7) is 12.9. The summed E-state index contributed by atoms with van der Waals surface area (Å²) in [5.41, 5.74) is 1.64. The van der Waals surface area contributed by atoms with E-state index in [-0.39, 0.29) is 18.4 Å². The molecule has 0 radical (unpaired) electrons. The maximum atomic E-state index is 13.2. The topological polar surface area (TPSA) is 93.5 Å². The number of piperazine rings is 1. The minimum atomic E-state index is -3.57. The van der Waals surface area contributed by atoms with Crippen LogP contribution in [0.3, 0.4) is 0 Å². The molecule has 1 aliphatic heterocycles. The minimum absolute atomic E-state index is 0.0144. The van der Waals surface area contributed by atoms with Crippen LogP contribution in [0.2, 0.25) is 0 Å². The van der Waals surface area contributed by atoms with Crippen LogP contribution < -0.4 is 5.32 Å². The highest BCUT2D eigenvalue weighted by atomic mass is 32.2. The normalized spacial score (nSPS) is 18.3. The van der Waals surface area contributed by atoms with Crippen molar-refractivity contribution in [1.29, 1.82) is 5.26 Å². The lowest BCUT2D eigenvalue weighted by Crippen LogP contribution is -2.55. The zero-order chi connectivity index (χ0) is 22.0. The number of hydrogen-bond acceptors (Lipinski definition) is 5. The number of nitriles is 1. The molecule has 160 valence electrons. The predicted octanol–water partition coefficient (Wildman–Crippen LogP) is 1.97. The van der Waals surface area contributed by atoms with Gasteiger partial charge in [-0.15, -0.1) is 0 Å². The third-order valence-corrected chi connectivity index (χ3v) is 7.89. The van der Waals surface area contributed by atoms with Crippen LogP contribution in [-0.4, -0.2) is 61.8 Å². The molecule has 1 fully saturated rings. The zero-order valence-electron chi connectivity index (χ0n) is 18.2. The highest BCUT2D eigenvalue weighted by Crippen LogP contribution is 2.26. The third kappa shape index (κ3) is 5.16. The fourth-order valence-corrected chi connectivity index (χ4v) is 5.50. The Morgan fingerprint density at radius 1 is 1.17 bits per heavy atom. The number of nitrogens with zero attached hydrogens (tertiary/aromatic N) is 3. The molecule has 8 heteroatoms. The van der Waals surface area contributed by atoms with Crippen molar-refractivity contribution in [1.82, 2.24) is 14.5 Å². The van der Waals surface area contributed by atoms with Crippen LogP contribution in [0.15, 0.2) is 17.0 Å². The Morgan fingerprint density at radius 2 is 1.69 bits per heavy atom. The number of aryl methyl sites for hydroxylation is 3. The first-order valence-electron chi connectivity index (χ1n) is 9.93. The van der Waals surface area contributed by atoms with Crippen LogP contribution >= 0.6 is 0 Å². The second kappa shape index (κ2) is 8.82. The molecule has 1 atom stereocenters. The van der Waals surface area contributed by atoms with Crippen molar-refractivity contribution in [3.63, 3.8) is 0 Å². The van der Waals surface area contributed by atoms with Crippen LogP contribution in [0, 0.1) is 38.0 Å². The minimum Gasteiger partial charge on any atom is -0.337 e. The molecular formula is C21H32N4O3S. The highest BCUT2D eigenvalue weighted by molar-refractivity contribution is 7.89. The van der Waals surface area contributed by atoms with Gasteiger partial charge in [-0.25, -0.2) is 8.42 Å². The van der Waals surface area contributed by atoms with Gasteiger partial charge in [0.15, 0.2) is 0 Å². The molecule has 7 nitrogen and oxygen atoms in total. The summed E-state index contributed by atoms with van der Waals surface area (Å²) in [6, 6.07) is 5.95. The first-order chi connectivity index (χ1) is 13.4. The van der Waals surface area contributed by atoms with Crippen molar-refractivity contribution >= 4 is 15.9 Å². The van der Waals surface area contributed by atoms with Gasteiger partial charge in [0.25, 0.3) is 0 Å². The van der Waals surface area contributed by atoms with Gasteiger partial charge in [0.05, 0.1) is 17.5 Å². The summed E-state index contributed by atoms with van der Waals surface area (Å²) in [5, 5.41) is 12.2. The molecule has 0 aromatic heterocycles. The first kappa shape index (κ1) is 23.3. The van der Waals surface area contributed by atoms with E-state index in [2.05, 4.69) is 11.4 Å². The molecule has 1 aliphatic rings. The van der Waals surface area contributed by atoms with Gasteiger partial charge in [0.1, 0.15) is 5.54 Å². The highest BCUT2D eigenvalue weighted by Gasteiger charge is 2.33. The summed E-state index contributed by atoms with van der Waals surface area (Å²) in [5.74, 6) is -0.233. The SMILES string of the molecule is Cc1cc(C)c(S(=O)(=O)N2CCN(CC(=O)N[C@](C)(C#N)C(C)C)CC2)c(C)c1. The van der Waals surface area contributed by atoms with Crippen LogP contribution in [0.1, 0.15) is 37.5 Å². The van der Waals surface area contributed by atoms with Gasteiger partial charge < -0.3 is 5.32 Å². The maximum Gasteiger partial charge on any atom is 0.243 e. The number of rotatable bonds is 6. The second-order valence-electron chi connectivity index (χ2n) is 8.43. The molecular weight excluding hydrogens is 388 g/mol. The van der Waals surface area contributed by atoms with Crippen molar-refractivity contribution in [3.8, 4) is 6.07 Å². The Bertz CT molecular complexity index is 889. The standard InChI is InChI=1S/C21H32N4O3S/c1-15(2)21(6,14-22)23-19(26)13-24-7-9-25(10-8-24)29(27,28)20-17(4)11-16(3)12-18(20)5/h11-12,15H,7-10,13H2,1-6H3,(H,23,26)/t21-/m1/s1. The quantitative estimate of drug-likeness (QED) is 0.759. The van der Waals surface area contributed by atoms with E-state index in [4.69, 9.17) is 0 Å². The van der Waals surface area contributed by atoms with E-state index in [1.165, 1.54) is 4.31 Å². The van der Waals surface area contributed by atoms with E-state index in [9.17, 15) is 18.5 Å². The number of amides is 1. The van der Waals surface area contributed by atoms with Gasteiger partial charge in [-0.2, -0.15) is 9.57 Å². The molecule has 1 saturated heterocycles. The summed E-state index contributed by atoms with van der Waals surface area (Å²) in [4.78, 5) is 14.7. The molecule has 2 rings (SSSR count). The number of carbonyl (C=O) groups is 1. The Kier molecular flexibility index (Phi) is 7.10. The van der Waals surface area contributed by atoms with Crippen LogP contribution in [0.4, 0.5) is 0 Å². The van der Waals surface area contributed by atoms with Gasteiger partial charge in [-0.1, -0.05) is 31.5 Å². The summed E-state index contributed by atoms with van der Waals surface area (Å²) in [6.07, 6.45) is 0. The fourth-order valence-electron chi connectivity index (χ4n) is 3.66. The van der Waals surface area contributed by atoms with Crippen molar-refractivity contribution in [2.45, 2.75) is 52.0 Å². The van der Waals surface area contributed by atoms with E-state index < -0.39 is 15.6 Å². The maximum absolute atomic E-state index is 13.2. The Balaban J connectivity index is 2.02. The third-order valence-electron chi connectivity index (χ3n) is 5.69. The van der Waals surface area contributed by atoms with Crippen molar-refractivity contribution < 1.29 is 13.2 Å². The lowest BCUT2D eigenvalue weighted by molar-refractivity contribution is -0.124. The molecule has 1 heterocycles. The molecule has 0 aliphatic carbocycles. The van der Waals surface area contributed by atoms with E-state index >= 15 is 0 Å². The number of hydrogen-bond donors (Lipinski definition) is 1. The van der Waals surface area contributed by atoms with E-state index in [1.807, 2.05) is 51.7 Å². The number of nitrogens with one attached hydrogen (secondary N) is 1. The van der Waals surface area contributed by atoms with Crippen LogP contribution in [0.25, 0.3) is 0 Å². The van der Waals surface area contributed by atoms with E-state index in [1.54, 1.807) is 6.92 Å². The lowest BCUT2D eigenvalue weighted by Gasteiger charge is -2.35. The molecule has 0 bridgehead atoms. The first-order valence-corrected chi connectivity index (χ1v) is 11.4. The van der Waals surface area contributed by atoms with Gasteiger partial charge in [0.2, 0.25) is 15.9 Å². The lowest BCUT2D eigenvalue weighted by atomic mass is 9.90. The summed E-state index contributed by atoms with van der Waals surface area (Å²) in [7, 11) is -3.57. The molecule has 1 N–H and O–H groups in total. The van der Waals surface area contributed by atoms with Crippen molar-refractivity contribution in [2.75, 3.05) is 32.7 Å². The Hall–Kier alpha value is -1.95.